The smallest absolute Gasteiger partial charge is 0.272 e. The van der Waals surface area contributed by atoms with Gasteiger partial charge in [-0.15, -0.1) is 0 Å². The Morgan fingerprint density at radius 3 is 2.71 bits per heavy atom. The summed E-state index contributed by atoms with van der Waals surface area (Å²) in [5, 5.41) is 12.5. The molecule has 0 saturated carbocycles. The Morgan fingerprint density at radius 1 is 1.29 bits per heavy atom. The van der Waals surface area contributed by atoms with Crippen molar-refractivity contribution in [3.8, 4) is 0 Å². The molecule has 0 atom stereocenters. The first-order valence-corrected chi connectivity index (χ1v) is 6.95. The molecule has 3 rings (SSSR count). The van der Waals surface area contributed by atoms with Gasteiger partial charge in [-0.25, -0.2) is 4.98 Å². The molecule has 2 aromatic rings. The zero-order chi connectivity index (χ0) is 14.7. The molecule has 2 heterocycles. The molecule has 1 saturated heterocycles. The summed E-state index contributed by atoms with van der Waals surface area (Å²) >= 11 is 0. The molecule has 0 unspecified atom stereocenters. The van der Waals surface area contributed by atoms with Crippen LogP contribution in [0.15, 0.2) is 30.5 Å². The maximum Gasteiger partial charge on any atom is 0.272 e. The molecule has 0 spiro atoms. The van der Waals surface area contributed by atoms with E-state index in [1.54, 1.807) is 0 Å². The zero-order valence-corrected chi connectivity index (χ0v) is 11.6. The summed E-state index contributed by atoms with van der Waals surface area (Å²) < 4.78 is 5.28. The number of aliphatic hydroxyl groups excluding tert-OH is 1. The Bertz CT molecular complexity index is 653. The molecule has 21 heavy (non-hydrogen) atoms. The van der Waals surface area contributed by atoms with E-state index in [0.29, 0.717) is 31.6 Å². The summed E-state index contributed by atoms with van der Waals surface area (Å²) in [5.74, 6) is -0.316. The maximum atomic E-state index is 12.4. The predicted molar refractivity (Wildman–Crippen MR) is 76.9 cm³/mol. The fourth-order valence-electron chi connectivity index (χ4n) is 2.46. The summed E-state index contributed by atoms with van der Waals surface area (Å²) in [6, 6.07) is 7.39. The van der Waals surface area contributed by atoms with Crippen molar-refractivity contribution in [2.24, 2.45) is 0 Å². The fraction of sp³-hybridized carbons (Fsp3) is 0.400. The van der Waals surface area contributed by atoms with E-state index in [1.165, 1.54) is 6.20 Å². The van der Waals surface area contributed by atoms with Crippen molar-refractivity contribution in [2.75, 3.05) is 19.8 Å². The van der Waals surface area contributed by atoms with Crippen LogP contribution in [-0.4, -0.2) is 46.3 Å². The van der Waals surface area contributed by atoms with Crippen molar-refractivity contribution < 1.29 is 14.6 Å². The van der Waals surface area contributed by atoms with E-state index in [-0.39, 0.29) is 18.2 Å². The molecule has 1 fully saturated rings. The molecule has 1 aromatic carbocycles. The number of ether oxygens (including phenoxy) is 1. The van der Waals surface area contributed by atoms with Gasteiger partial charge in [0.1, 0.15) is 5.69 Å². The van der Waals surface area contributed by atoms with E-state index < -0.39 is 5.54 Å². The third-order valence-corrected chi connectivity index (χ3v) is 3.81. The molecule has 1 aliphatic heterocycles. The summed E-state index contributed by atoms with van der Waals surface area (Å²) in [5.41, 5.74) is 1.06. The van der Waals surface area contributed by atoms with Gasteiger partial charge in [-0.1, -0.05) is 12.1 Å². The minimum atomic E-state index is -0.622. The van der Waals surface area contributed by atoms with Gasteiger partial charge < -0.3 is 15.2 Å². The summed E-state index contributed by atoms with van der Waals surface area (Å²) in [4.78, 5) is 20.9. The lowest BCUT2D eigenvalue weighted by atomic mass is 9.91. The highest BCUT2D eigenvalue weighted by Gasteiger charge is 2.34. The summed E-state index contributed by atoms with van der Waals surface area (Å²) in [6.45, 7) is 0.956. The molecular weight excluding hydrogens is 270 g/mol. The Labute approximate surface area is 122 Å². The van der Waals surface area contributed by atoms with Crippen LogP contribution in [0.3, 0.4) is 0 Å². The molecule has 0 bridgehead atoms. The standard InChI is InChI=1S/C15H17N3O3/c19-10-15(5-7-21-8-6-15)18-14(20)13-9-16-11-3-1-2-4-12(11)17-13/h1-4,9,19H,5-8,10H2,(H,18,20). The number of hydrogen-bond donors (Lipinski definition) is 2. The molecule has 1 aliphatic rings. The highest BCUT2D eigenvalue weighted by molar-refractivity contribution is 5.94. The number of fused-ring (bicyclic) bond motifs is 1. The number of aliphatic hydroxyl groups is 1. The van der Waals surface area contributed by atoms with Crippen LogP contribution in [0.25, 0.3) is 11.0 Å². The lowest BCUT2D eigenvalue weighted by molar-refractivity contribution is 0.0124. The lowest BCUT2D eigenvalue weighted by Gasteiger charge is -2.36. The van der Waals surface area contributed by atoms with Gasteiger partial charge >= 0.3 is 0 Å². The molecule has 0 radical (unpaired) electrons. The predicted octanol–water partition coefficient (Wildman–Crippen LogP) is 0.901. The van der Waals surface area contributed by atoms with Crippen LogP contribution in [0, 0.1) is 0 Å². The SMILES string of the molecule is O=C(NC1(CO)CCOCC1)c1cnc2ccccc2n1. The first kappa shape index (κ1) is 13.9. The number of hydrogen-bond acceptors (Lipinski definition) is 5. The van der Waals surface area contributed by atoms with Gasteiger partial charge in [-0.3, -0.25) is 9.78 Å². The Kier molecular flexibility index (Phi) is 3.81. The van der Waals surface area contributed by atoms with Crippen molar-refractivity contribution in [3.05, 3.63) is 36.2 Å². The van der Waals surface area contributed by atoms with Gasteiger partial charge in [-0.05, 0) is 25.0 Å². The first-order chi connectivity index (χ1) is 10.2. The number of para-hydroxylation sites is 2. The fourth-order valence-corrected chi connectivity index (χ4v) is 2.46. The molecule has 6 nitrogen and oxygen atoms in total. The highest BCUT2D eigenvalue weighted by atomic mass is 16.5. The Hall–Kier alpha value is -2.05. The first-order valence-electron chi connectivity index (χ1n) is 6.95. The van der Waals surface area contributed by atoms with Crippen molar-refractivity contribution in [1.82, 2.24) is 15.3 Å². The van der Waals surface area contributed by atoms with Gasteiger partial charge in [0, 0.05) is 13.2 Å². The van der Waals surface area contributed by atoms with Crippen LogP contribution in [0.2, 0.25) is 0 Å². The van der Waals surface area contributed by atoms with E-state index in [0.717, 1.165) is 5.52 Å². The van der Waals surface area contributed by atoms with Crippen LogP contribution in [0.4, 0.5) is 0 Å². The molecule has 1 aromatic heterocycles. The maximum absolute atomic E-state index is 12.4. The van der Waals surface area contributed by atoms with E-state index >= 15 is 0 Å². The second-order valence-corrected chi connectivity index (χ2v) is 5.25. The zero-order valence-electron chi connectivity index (χ0n) is 11.6. The number of nitrogens with zero attached hydrogens (tertiary/aromatic N) is 2. The van der Waals surface area contributed by atoms with Gasteiger partial charge in [0.15, 0.2) is 0 Å². The third kappa shape index (κ3) is 2.86. The van der Waals surface area contributed by atoms with Gasteiger partial charge in [0.05, 0.1) is 29.4 Å². The number of benzene rings is 1. The topological polar surface area (TPSA) is 84.3 Å². The molecule has 110 valence electrons. The van der Waals surface area contributed by atoms with Crippen molar-refractivity contribution in [1.29, 1.82) is 0 Å². The molecule has 0 aliphatic carbocycles. The monoisotopic (exact) mass is 287 g/mol. The van der Waals surface area contributed by atoms with Gasteiger partial charge in [-0.2, -0.15) is 0 Å². The second-order valence-electron chi connectivity index (χ2n) is 5.25. The number of aromatic nitrogens is 2. The van der Waals surface area contributed by atoms with Crippen LogP contribution in [0.5, 0.6) is 0 Å². The number of nitrogens with one attached hydrogen (secondary N) is 1. The Morgan fingerprint density at radius 2 is 2.00 bits per heavy atom. The van der Waals surface area contributed by atoms with E-state index in [1.807, 2.05) is 24.3 Å². The van der Waals surface area contributed by atoms with Crippen LogP contribution >= 0.6 is 0 Å². The number of amides is 1. The Balaban J connectivity index is 1.82. The normalized spacial score (nSPS) is 17.6. The van der Waals surface area contributed by atoms with Gasteiger partial charge in [0.2, 0.25) is 0 Å². The summed E-state index contributed by atoms with van der Waals surface area (Å²) in [7, 11) is 0. The van der Waals surface area contributed by atoms with Crippen molar-refractivity contribution in [3.63, 3.8) is 0 Å². The molecule has 2 N–H and O–H groups in total. The quantitative estimate of drug-likeness (QED) is 0.876. The summed E-state index contributed by atoms with van der Waals surface area (Å²) in [6.07, 6.45) is 2.65. The molecule has 6 heteroatoms. The highest BCUT2D eigenvalue weighted by Crippen LogP contribution is 2.20. The largest absolute Gasteiger partial charge is 0.394 e. The van der Waals surface area contributed by atoms with Crippen LogP contribution in [0.1, 0.15) is 23.3 Å². The molecular formula is C15H17N3O3. The van der Waals surface area contributed by atoms with E-state index in [2.05, 4.69) is 15.3 Å². The minimum absolute atomic E-state index is 0.108. The van der Waals surface area contributed by atoms with E-state index in [9.17, 15) is 9.90 Å². The molecule has 1 amide bonds. The second kappa shape index (κ2) is 5.75. The number of carbonyl (C=O) groups is 1. The van der Waals surface area contributed by atoms with Gasteiger partial charge in [0.25, 0.3) is 5.91 Å². The van der Waals surface area contributed by atoms with Crippen molar-refractivity contribution >= 4 is 16.9 Å². The van der Waals surface area contributed by atoms with Crippen LogP contribution in [-0.2, 0) is 4.74 Å². The van der Waals surface area contributed by atoms with E-state index in [4.69, 9.17) is 4.74 Å². The lowest BCUT2D eigenvalue weighted by Crippen LogP contribution is -2.54. The minimum Gasteiger partial charge on any atom is -0.394 e. The third-order valence-electron chi connectivity index (χ3n) is 3.81. The number of carbonyl (C=O) groups excluding carboxylic acids is 1. The van der Waals surface area contributed by atoms with Crippen LogP contribution < -0.4 is 5.32 Å². The average Bonchev–Trinajstić information content (AvgIpc) is 2.55. The van der Waals surface area contributed by atoms with Crippen molar-refractivity contribution in [2.45, 2.75) is 18.4 Å². The average molecular weight is 287 g/mol. The number of rotatable bonds is 3.